The molecule has 0 radical (unpaired) electrons. The summed E-state index contributed by atoms with van der Waals surface area (Å²) in [5.74, 6) is 0. The number of benzene rings is 2. The van der Waals surface area contributed by atoms with Gasteiger partial charge in [-0.1, -0.05) is 34.1 Å². The monoisotopic (exact) mass is 330 g/mol. The molecule has 2 aromatic carbocycles. The molecular weight excluding hydrogens is 312 g/mol. The van der Waals surface area contributed by atoms with E-state index in [-0.39, 0.29) is 0 Å². The molecule has 0 spiro atoms. The molecule has 0 aliphatic carbocycles. The van der Waals surface area contributed by atoms with Crippen molar-refractivity contribution in [2.24, 2.45) is 0 Å². The highest BCUT2D eigenvalue weighted by Gasteiger charge is 2.15. The summed E-state index contributed by atoms with van der Waals surface area (Å²) in [5.41, 5.74) is 5.01. The fourth-order valence-electron chi connectivity index (χ4n) is 2.61. The molecule has 0 bridgehead atoms. The maximum atomic E-state index is 3.65. The van der Waals surface area contributed by atoms with Gasteiger partial charge in [0.25, 0.3) is 0 Å². The van der Waals surface area contributed by atoms with Gasteiger partial charge in [-0.25, -0.2) is 0 Å². The molecule has 20 heavy (non-hydrogen) atoms. The van der Waals surface area contributed by atoms with E-state index in [0.717, 1.165) is 13.1 Å². The number of nitrogens with one attached hydrogen (secondary N) is 1. The van der Waals surface area contributed by atoms with Crippen LogP contribution in [0.2, 0.25) is 0 Å². The topological polar surface area (TPSA) is 15.3 Å². The molecular formula is C17H19BrN2. The van der Waals surface area contributed by atoms with Crippen molar-refractivity contribution < 1.29 is 0 Å². The van der Waals surface area contributed by atoms with E-state index in [4.69, 9.17) is 0 Å². The fraction of sp³-hybridized carbons (Fsp3) is 0.294. The highest BCUT2D eigenvalue weighted by Crippen LogP contribution is 2.35. The Kier molecular flexibility index (Phi) is 3.97. The molecule has 1 N–H and O–H groups in total. The predicted molar refractivity (Wildman–Crippen MR) is 90.1 cm³/mol. The fourth-order valence-corrected chi connectivity index (χ4v) is 2.98. The Morgan fingerprint density at radius 3 is 2.80 bits per heavy atom. The lowest BCUT2D eigenvalue weighted by molar-refractivity contribution is 0.747. The molecule has 2 nitrogen and oxygen atoms in total. The van der Waals surface area contributed by atoms with E-state index in [2.05, 4.69) is 75.5 Å². The zero-order chi connectivity index (χ0) is 13.9. The Labute approximate surface area is 128 Å². The van der Waals surface area contributed by atoms with Crippen molar-refractivity contribution in [3.63, 3.8) is 0 Å². The van der Waals surface area contributed by atoms with Crippen LogP contribution in [0, 0.1) is 6.92 Å². The summed E-state index contributed by atoms with van der Waals surface area (Å²) in [6.07, 6.45) is 2.41. The first-order valence-electron chi connectivity index (χ1n) is 7.12. The molecule has 2 aromatic rings. The molecule has 0 amide bonds. The van der Waals surface area contributed by atoms with Crippen LogP contribution in [-0.4, -0.2) is 13.1 Å². The third-order valence-electron chi connectivity index (χ3n) is 3.79. The number of anilines is 3. The van der Waals surface area contributed by atoms with Gasteiger partial charge in [-0.15, -0.1) is 0 Å². The smallest absolute Gasteiger partial charge is 0.0646 e. The average Bonchev–Trinajstić information content (AvgIpc) is 2.43. The third-order valence-corrected chi connectivity index (χ3v) is 4.64. The van der Waals surface area contributed by atoms with E-state index in [1.54, 1.807) is 0 Å². The van der Waals surface area contributed by atoms with Crippen LogP contribution in [0.3, 0.4) is 0 Å². The van der Waals surface area contributed by atoms with Crippen molar-refractivity contribution in [2.75, 3.05) is 23.3 Å². The highest BCUT2D eigenvalue weighted by molar-refractivity contribution is 9.10. The van der Waals surface area contributed by atoms with Gasteiger partial charge in [0, 0.05) is 23.2 Å². The molecule has 1 aliphatic heterocycles. The summed E-state index contributed by atoms with van der Waals surface area (Å²) in [5, 5.41) is 3.54. The minimum absolute atomic E-state index is 1.06. The molecule has 1 aliphatic rings. The molecule has 0 unspecified atom stereocenters. The van der Waals surface area contributed by atoms with E-state index < -0.39 is 0 Å². The number of para-hydroxylation sites is 2. The summed E-state index contributed by atoms with van der Waals surface area (Å²) in [6.45, 7) is 4.24. The summed E-state index contributed by atoms with van der Waals surface area (Å²) in [4.78, 5) is 2.41. The Hall–Kier alpha value is -1.48. The van der Waals surface area contributed by atoms with Crippen molar-refractivity contribution >= 4 is 33.0 Å². The molecule has 0 saturated heterocycles. The first kappa shape index (κ1) is 13.5. The van der Waals surface area contributed by atoms with Crippen molar-refractivity contribution in [3.05, 3.63) is 52.5 Å². The number of hydrogen-bond acceptors (Lipinski definition) is 2. The highest BCUT2D eigenvalue weighted by atomic mass is 79.9. The molecule has 1 heterocycles. The zero-order valence-electron chi connectivity index (χ0n) is 11.7. The van der Waals surface area contributed by atoms with Crippen molar-refractivity contribution in [2.45, 2.75) is 19.8 Å². The lowest BCUT2D eigenvalue weighted by Crippen LogP contribution is -2.23. The van der Waals surface area contributed by atoms with E-state index >= 15 is 0 Å². The molecule has 3 rings (SSSR count). The van der Waals surface area contributed by atoms with Gasteiger partial charge in [-0.3, -0.25) is 0 Å². The van der Waals surface area contributed by atoms with Crippen molar-refractivity contribution in [1.29, 1.82) is 0 Å². The quantitative estimate of drug-likeness (QED) is 0.782. The van der Waals surface area contributed by atoms with Crippen LogP contribution in [0.25, 0.3) is 0 Å². The Bertz CT molecular complexity index is 610. The Morgan fingerprint density at radius 1 is 1.10 bits per heavy atom. The van der Waals surface area contributed by atoms with E-state index in [0.29, 0.717) is 0 Å². The van der Waals surface area contributed by atoms with Crippen LogP contribution in [0.4, 0.5) is 17.1 Å². The minimum atomic E-state index is 1.06. The first-order chi connectivity index (χ1) is 9.75. The molecule has 0 atom stereocenters. The summed E-state index contributed by atoms with van der Waals surface area (Å²) in [7, 11) is 0. The lowest BCUT2D eigenvalue weighted by atomic mass is 10.1. The molecule has 0 fully saturated rings. The summed E-state index contributed by atoms with van der Waals surface area (Å²) in [6, 6.07) is 15.2. The normalized spacial score (nSPS) is 15.0. The number of halogens is 1. The van der Waals surface area contributed by atoms with E-state index in [1.165, 1.54) is 39.9 Å². The SMILES string of the molecule is Cc1ccc(N2CCCCNc3ccccc32)cc1Br. The molecule has 3 heteroatoms. The Balaban J connectivity index is 2.05. The maximum Gasteiger partial charge on any atom is 0.0646 e. The van der Waals surface area contributed by atoms with Gasteiger partial charge in [-0.2, -0.15) is 0 Å². The third kappa shape index (κ3) is 2.68. The van der Waals surface area contributed by atoms with Crippen LogP contribution in [-0.2, 0) is 0 Å². The Morgan fingerprint density at radius 2 is 1.95 bits per heavy atom. The molecule has 0 aromatic heterocycles. The van der Waals surface area contributed by atoms with E-state index in [9.17, 15) is 0 Å². The van der Waals surface area contributed by atoms with Gasteiger partial charge < -0.3 is 10.2 Å². The largest absolute Gasteiger partial charge is 0.383 e. The minimum Gasteiger partial charge on any atom is -0.383 e. The van der Waals surface area contributed by atoms with Gasteiger partial charge in [0.05, 0.1) is 11.4 Å². The van der Waals surface area contributed by atoms with E-state index in [1.807, 2.05) is 0 Å². The number of nitrogens with zero attached hydrogens (tertiary/aromatic N) is 1. The predicted octanol–water partition coefficient (Wildman–Crippen LogP) is 5.10. The van der Waals surface area contributed by atoms with Gasteiger partial charge in [0.15, 0.2) is 0 Å². The van der Waals surface area contributed by atoms with Gasteiger partial charge in [0.1, 0.15) is 0 Å². The van der Waals surface area contributed by atoms with Crippen LogP contribution in [0.15, 0.2) is 46.9 Å². The van der Waals surface area contributed by atoms with Crippen molar-refractivity contribution in [3.8, 4) is 0 Å². The average molecular weight is 331 g/mol. The lowest BCUT2D eigenvalue weighted by Gasteiger charge is -2.30. The zero-order valence-corrected chi connectivity index (χ0v) is 13.3. The van der Waals surface area contributed by atoms with Gasteiger partial charge in [-0.05, 0) is 49.6 Å². The second kappa shape index (κ2) is 5.88. The number of hydrogen-bond donors (Lipinski definition) is 1. The van der Waals surface area contributed by atoms with Crippen LogP contribution >= 0.6 is 15.9 Å². The molecule has 104 valence electrons. The number of aryl methyl sites for hydroxylation is 1. The van der Waals surface area contributed by atoms with Crippen LogP contribution < -0.4 is 10.2 Å². The summed E-state index contributed by atoms with van der Waals surface area (Å²) < 4.78 is 1.17. The standard InChI is InChI=1S/C17H19BrN2/c1-13-8-9-14(12-15(13)18)20-11-5-4-10-19-16-6-2-3-7-17(16)20/h2-3,6-9,12,19H,4-5,10-11H2,1H3. The van der Waals surface area contributed by atoms with Crippen molar-refractivity contribution in [1.82, 2.24) is 0 Å². The van der Waals surface area contributed by atoms with Gasteiger partial charge >= 0.3 is 0 Å². The second-order valence-electron chi connectivity index (χ2n) is 5.24. The number of fused-ring (bicyclic) bond motifs is 1. The second-order valence-corrected chi connectivity index (χ2v) is 6.09. The van der Waals surface area contributed by atoms with Gasteiger partial charge in [0.2, 0.25) is 0 Å². The van der Waals surface area contributed by atoms with Crippen LogP contribution in [0.5, 0.6) is 0 Å². The molecule has 0 saturated carbocycles. The first-order valence-corrected chi connectivity index (χ1v) is 7.91. The summed E-state index contributed by atoms with van der Waals surface area (Å²) >= 11 is 3.65. The maximum absolute atomic E-state index is 3.65. The van der Waals surface area contributed by atoms with Crippen LogP contribution in [0.1, 0.15) is 18.4 Å². The number of rotatable bonds is 1.